The zero-order valence-electron chi connectivity index (χ0n) is 10.7. The van der Waals surface area contributed by atoms with E-state index < -0.39 is 13.8 Å². The molecule has 21 heavy (non-hydrogen) atoms. The summed E-state index contributed by atoms with van der Waals surface area (Å²) in [5.41, 5.74) is 2.36. The van der Waals surface area contributed by atoms with Gasteiger partial charge in [-0.05, 0) is 0 Å². The average molecular weight is 652 g/mol. The number of halogens is 4. The zero-order valence-corrected chi connectivity index (χ0v) is 19.1. The van der Waals surface area contributed by atoms with Gasteiger partial charge in [0.1, 0.15) is 0 Å². The summed E-state index contributed by atoms with van der Waals surface area (Å²) < 4.78 is 3.99. The molecule has 0 bridgehead atoms. The Kier molecular flexibility index (Phi) is 5.25. The molecule has 0 saturated carbocycles. The third-order valence-electron chi connectivity index (χ3n) is 3.20. The number of hydrogen-bond donors (Lipinski definition) is 0. The molecule has 0 amide bonds. The van der Waals surface area contributed by atoms with Gasteiger partial charge in [-0.3, -0.25) is 0 Å². The fourth-order valence-electron chi connectivity index (χ4n) is 2.17. The predicted molar refractivity (Wildman–Crippen MR) is 111 cm³/mol. The van der Waals surface area contributed by atoms with Crippen molar-refractivity contribution in [3.63, 3.8) is 0 Å². The molecular formula is C16H10Br2ClITe. The molecule has 0 saturated heterocycles. The van der Waals surface area contributed by atoms with Crippen LogP contribution in [0.4, 0.5) is 0 Å². The van der Waals surface area contributed by atoms with E-state index in [2.05, 4.69) is 78.4 Å². The number of benzene rings is 2. The average Bonchev–Trinajstić information content (AvgIpc) is 2.70. The first-order valence-corrected chi connectivity index (χ1v) is 20.4. The first-order valence-electron chi connectivity index (χ1n) is 6.16. The second kappa shape index (κ2) is 6.67. The fourth-order valence-corrected chi connectivity index (χ4v) is 21.7. The van der Waals surface area contributed by atoms with Gasteiger partial charge in [0.25, 0.3) is 0 Å². The van der Waals surface area contributed by atoms with Crippen molar-refractivity contribution in [1.29, 1.82) is 0 Å². The second-order valence-corrected chi connectivity index (χ2v) is 30.0. The molecule has 3 rings (SSSR count). The number of hydrogen-bond acceptors (Lipinski definition) is 0. The topological polar surface area (TPSA) is 0 Å². The first-order chi connectivity index (χ1) is 10.0. The van der Waals surface area contributed by atoms with Crippen molar-refractivity contribution in [3.05, 3.63) is 75.4 Å². The molecule has 2 aromatic rings. The molecule has 5 heteroatoms. The summed E-state index contributed by atoms with van der Waals surface area (Å²) in [7, 11) is 0. The molecule has 0 spiro atoms. The van der Waals surface area contributed by atoms with Crippen molar-refractivity contribution in [1.82, 2.24) is 0 Å². The maximum absolute atomic E-state index is 6.53. The van der Waals surface area contributed by atoms with E-state index in [0.717, 1.165) is 10.6 Å². The van der Waals surface area contributed by atoms with Crippen molar-refractivity contribution >= 4 is 85.7 Å². The van der Waals surface area contributed by atoms with Crippen LogP contribution in [0.3, 0.4) is 0 Å². The Morgan fingerprint density at radius 2 is 1.62 bits per heavy atom. The van der Waals surface area contributed by atoms with Gasteiger partial charge < -0.3 is 0 Å². The second-order valence-electron chi connectivity index (χ2n) is 4.50. The Hall–Kier alpha value is 0.690. The quantitative estimate of drug-likeness (QED) is 0.272. The van der Waals surface area contributed by atoms with Gasteiger partial charge in [-0.1, -0.05) is 0 Å². The summed E-state index contributed by atoms with van der Waals surface area (Å²) in [6.07, 6.45) is 2.11. The summed E-state index contributed by atoms with van der Waals surface area (Å²) >= 11 is 14.3. The summed E-state index contributed by atoms with van der Waals surface area (Å²) in [4.78, 5) is 0. The summed E-state index contributed by atoms with van der Waals surface area (Å²) in [6, 6.07) is 18.6. The van der Waals surface area contributed by atoms with Crippen molar-refractivity contribution in [2.75, 3.05) is 0 Å². The molecule has 0 radical (unpaired) electrons. The van der Waals surface area contributed by atoms with Crippen LogP contribution in [0.5, 0.6) is 0 Å². The van der Waals surface area contributed by atoms with Gasteiger partial charge in [-0.25, -0.2) is 0 Å². The molecule has 0 N–H and O–H groups in total. The van der Waals surface area contributed by atoms with Crippen molar-refractivity contribution in [3.8, 4) is 0 Å². The van der Waals surface area contributed by atoms with Crippen LogP contribution in [0, 0.1) is 0 Å². The summed E-state index contributed by atoms with van der Waals surface area (Å²) in [5, 5.41) is 0.780. The molecule has 1 aliphatic heterocycles. The van der Waals surface area contributed by atoms with Gasteiger partial charge in [0.05, 0.1) is 0 Å². The van der Waals surface area contributed by atoms with E-state index in [1.807, 2.05) is 30.3 Å². The van der Waals surface area contributed by atoms with Gasteiger partial charge >= 0.3 is 161 Å². The van der Waals surface area contributed by atoms with Crippen molar-refractivity contribution in [2.45, 2.75) is 0 Å². The van der Waals surface area contributed by atoms with Crippen LogP contribution in [0.2, 0.25) is 0 Å². The van der Waals surface area contributed by atoms with Crippen LogP contribution in [-0.4, -0.2) is 13.8 Å². The number of fused-ring (bicyclic) bond motifs is 1. The van der Waals surface area contributed by atoms with Crippen molar-refractivity contribution < 1.29 is 0 Å². The molecule has 0 aliphatic carbocycles. The van der Waals surface area contributed by atoms with E-state index in [-0.39, 0.29) is 0 Å². The van der Waals surface area contributed by atoms with Crippen molar-refractivity contribution in [2.24, 2.45) is 0 Å². The Balaban J connectivity index is 2.10. The van der Waals surface area contributed by atoms with E-state index in [1.165, 1.54) is 16.4 Å². The number of allylic oxidation sites excluding steroid dienone is 2. The Labute approximate surface area is 159 Å². The first kappa shape index (κ1) is 16.5. The molecule has 0 unspecified atom stereocenters. The molecule has 1 aliphatic rings. The van der Waals surface area contributed by atoms with Gasteiger partial charge in [0, 0.05) is 0 Å². The SMILES string of the molecule is Cl/C(=C\C1=C(I)c2ccccc2[Te]1(Br)Br)c1ccccc1. The van der Waals surface area contributed by atoms with E-state index in [1.54, 1.807) is 0 Å². The van der Waals surface area contributed by atoms with Crippen LogP contribution in [0.1, 0.15) is 11.1 Å². The fraction of sp³-hybridized carbons (Fsp3) is 0. The van der Waals surface area contributed by atoms with Gasteiger partial charge in [0.2, 0.25) is 0 Å². The summed E-state index contributed by atoms with van der Waals surface area (Å²) in [5.74, 6) is 0. The monoisotopic (exact) mass is 652 g/mol. The Bertz CT molecular complexity index is 754. The third-order valence-corrected chi connectivity index (χ3v) is 20.3. The van der Waals surface area contributed by atoms with Gasteiger partial charge in [-0.15, -0.1) is 0 Å². The molecule has 0 atom stereocenters. The minimum absolute atomic E-state index is 0.780. The molecule has 108 valence electrons. The van der Waals surface area contributed by atoms with E-state index >= 15 is 0 Å². The predicted octanol–water partition coefficient (Wildman–Crippen LogP) is 6.10. The molecule has 1 heterocycles. The number of rotatable bonds is 2. The van der Waals surface area contributed by atoms with E-state index in [4.69, 9.17) is 11.6 Å². The van der Waals surface area contributed by atoms with Crippen LogP contribution in [0.15, 0.2) is 64.3 Å². The molecule has 0 fully saturated rings. The van der Waals surface area contributed by atoms with E-state index in [0.29, 0.717) is 0 Å². The minimum atomic E-state index is -2.61. The van der Waals surface area contributed by atoms with E-state index in [9.17, 15) is 0 Å². The van der Waals surface area contributed by atoms with Crippen LogP contribution >= 0.6 is 59.7 Å². The van der Waals surface area contributed by atoms with Gasteiger partial charge in [0.15, 0.2) is 0 Å². The maximum atomic E-state index is 6.53. The van der Waals surface area contributed by atoms with Gasteiger partial charge in [-0.2, -0.15) is 0 Å². The molecule has 0 aromatic heterocycles. The van der Waals surface area contributed by atoms with Crippen LogP contribution < -0.4 is 3.61 Å². The standard InChI is InChI=1S/C16H10Br2ClITe/c17-21(18)14-9-5-4-8-12(14)16(20)15(21)10-13(19)11-6-2-1-3-7-11/h1-10H/b13-10-. The van der Waals surface area contributed by atoms with Crippen LogP contribution in [-0.2, 0) is 0 Å². The zero-order chi connectivity index (χ0) is 15.0. The Morgan fingerprint density at radius 3 is 2.29 bits per heavy atom. The molecular weight excluding hydrogens is 642 g/mol. The molecule has 0 nitrogen and oxygen atoms in total. The normalized spacial score (nSPS) is 18.6. The molecule has 2 aromatic carbocycles. The van der Waals surface area contributed by atoms with Crippen LogP contribution in [0.25, 0.3) is 8.61 Å². The Morgan fingerprint density at radius 1 is 1.00 bits per heavy atom. The third kappa shape index (κ3) is 3.18. The summed E-state index contributed by atoms with van der Waals surface area (Å²) in [6.45, 7) is 0.